The second-order valence-corrected chi connectivity index (χ2v) is 9.48. The summed E-state index contributed by atoms with van der Waals surface area (Å²) in [7, 11) is 0. The molecule has 0 saturated carbocycles. The van der Waals surface area contributed by atoms with Crippen molar-refractivity contribution in [1.29, 1.82) is 0 Å². The van der Waals surface area contributed by atoms with Crippen molar-refractivity contribution in [1.82, 2.24) is 15.5 Å². The molecule has 0 radical (unpaired) electrons. The van der Waals surface area contributed by atoms with E-state index in [1.54, 1.807) is 0 Å². The lowest BCUT2D eigenvalue weighted by molar-refractivity contribution is 0.0322. The van der Waals surface area contributed by atoms with Crippen LogP contribution in [0.5, 0.6) is 11.5 Å². The Morgan fingerprint density at radius 3 is 2.41 bits per heavy atom. The van der Waals surface area contributed by atoms with Gasteiger partial charge >= 0.3 is 0 Å². The smallest absolute Gasteiger partial charge is 0.123 e. The zero-order chi connectivity index (χ0) is 23.4. The minimum atomic E-state index is 0.561. The molecule has 2 N–H and O–H groups in total. The highest BCUT2D eigenvalue weighted by Crippen LogP contribution is 2.24. The third kappa shape index (κ3) is 8.27. The monoisotopic (exact) mass is 467 g/mol. The van der Waals surface area contributed by atoms with Gasteiger partial charge in [-0.05, 0) is 47.6 Å². The summed E-state index contributed by atoms with van der Waals surface area (Å²) in [5.41, 5.74) is 3.79. The maximum atomic E-state index is 6.21. The van der Waals surface area contributed by atoms with Crippen molar-refractivity contribution in [3.63, 3.8) is 0 Å². The van der Waals surface area contributed by atoms with E-state index >= 15 is 0 Å². The summed E-state index contributed by atoms with van der Waals surface area (Å²) in [5.74, 6) is 2.48. The number of rotatable bonds is 14. The molecule has 2 aliphatic rings. The molecule has 2 fully saturated rings. The van der Waals surface area contributed by atoms with Crippen LogP contribution in [0.15, 0.2) is 42.5 Å². The van der Waals surface area contributed by atoms with Gasteiger partial charge in [-0.2, -0.15) is 0 Å². The van der Waals surface area contributed by atoms with Gasteiger partial charge in [-0.1, -0.05) is 37.6 Å². The number of nitrogens with one attached hydrogen (secondary N) is 2. The predicted octanol–water partition coefficient (Wildman–Crippen LogP) is 3.63. The van der Waals surface area contributed by atoms with Crippen LogP contribution >= 0.6 is 0 Å². The fourth-order valence-electron chi connectivity index (χ4n) is 4.28. The van der Waals surface area contributed by atoms with E-state index in [-0.39, 0.29) is 0 Å². The first-order chi connectivity index (χ1) is 16.8. The summed E-state index contributed by atoms with van der Waals surface area (Å²) in [6, 6.07) is 15.1. The van der Waals surface area contributed by atoms with Crippen LogP contribution in [-0.2, 0) is 24.3 Å². The summed E-state index contributed by atoms with van der Waals surface area (Å²) in [5, 5.41) is 6.92. The van der Waals surface area contributed by atoms with Gasteiger partial charge in [0.05, 0.1) is 13.2 Å². The topological polar surface area (TPSA) is 55.0 Å². The molecule has 2 aromatic rings. The van der Waals surface area contributed by atoms with Crippen LogP contribution in [0, 0.1) is 5.92 Å². The van der Waals surface area contributed by atoms with Gasteiger partial charge < -0.3 is 24.8 Å². The Morgan fingerprint density at radius 1 is 0.971 bits per heavy atom. The lowest BCUT2D eigenvalue weighted by Crippen LogP contribution is -2.47. The first kappa shape index (κ1) is 25.0. The SMILES string of the molecule is CCCCc1ccc(COc2cc(CNCC3CNC3)cc(OCCN3CCOCC3)c2)cc1. The third-order valence-electron chi connectivity index (χ3n) is 6.60. The molecule has 0 aromatic heterocycles. The molecule has 0 unspecified atom stereocenters. The lowest BCUT2D eigenvalue weighted by atomic mass is 10.0. The fraction of sp³-hybridized carbons (Fsp3) is 0.571. The second-order valence-electron chi connectivity index (χ2n) is 9.48. The van der Waals surface area contributed by atoms with Gasteiger partial charge in [-0.25, -0.2) is 0 Å². The summed E-state index contributed by atoms with van der Waals surface area (Å²) in [4.78, 5) is 2.39. The van der Waals surface area contributed by atoms with E-state index in [9.17, 15) is 0 Å². The Hall–Kier alpha value is -2.12. The van der Waals surface area contributed by atoms with Gasteiger partial charge in [0.2, 0.25) is 0 Å². The van der Waals surface area contributed by atoms with Crippen LogP contribution in [0.4, 0.5) is 0 Å². The third-order valence-corrected chi connectivity index (χ3v) is 6.60. The van der Waals surface area contributed by atoms with Crippen molar-refractivity contribution in [2.75, 3.05) is 59.1 Å². The van der Waals surface area contributed by atoms with Gasteiger partial charge in [0.25, 0.3) is 0 Å². The van der Waals surface area contributed by atoms with Crippen LogP contribution in [0.25, 0.3) is 0 Å². The fourth-order valence-corrected chi connectivity index (χ4v) is 4.28. The van der Waals surface area contributed by atoms with Gasteiger partial charge in [-0.3, -0.25) is 4.90 Å². The molecule has 2 aromatic carbocycles. The quantitative estimate of drug-likeness (QED) is 0.443. The molecular weight excluding hydrogens is 426 g/mol. The Morgan fingerprint density at radius 2 is 1.71 bits per heavy atom. The first-order valence-corrected chi connectivity index (χ1v) is 13.0. The van der Waals surface area contributed by atoms with Crippen molar-refractivity contribution in [3.05, 3.63) is 59.2 Å². The molecule has 2 aliphatic heterocycles. The predicted molar refractivity (Wildman–Crippen MR) is 137 cm³/mol. The maximum absolute atomic E-state index is 6.21. The zero-order valence-electron chi connectivity index (χ0n) is 20.7. The minimum absolute atomic E-state index is 0.561. The highest BCUT2D eigenvalue weighted by Gasteiger charge is 2.16. The number of aryl methyl sites for hydroxylation is 1. The standard InChI is InChI=1S/C28H41N3O3/c1-2-3-4-23-5-7-24(8-6-23)22-34-28-16-25(18-29-19-26-20-30-21-26)15-27(17-28)33-14-11-31-9-12-32-13-10-31/h5-8,15-17,26,29-30H,2-4,9-14,18-22H2,1H3. The summed E-state index contributed by atoms with van der Waals surface area (Å²) in [6.07, 6.45) is 3.61. The molecular formula is C28H41N3O3. The van der Waals surface area contributed by atoms with Gasteiger partial charge in [0.15, 0.2) is 0 Å². The van der Waals surface area contributed by atoms with E-state index in [0.717, 1.165) is 82.9 Å². The Kier molecular flexibility index (Phi) is 10.1. The number of morpholine rings is 1. The number of hydrogen-bond acceptors (Lipinski definition) is 6. The van der Waals surface area contributed by atoms with E-state index in [1.165, 1.54) is 29.5 Å². The number of benzene rings is 2. The second kappa shape index (κ2) is 13.7. The zero-order valence-corrected chi connectivity index (χ0v) is 20.7. The van der Waals surface area contributed by atoms with Crippen molar-refractivity contribution in [2.45, 2.75) is 39.3 Å². The van der Waals surface area contributed by atoms with Crippen molar-refractivity contribution < 1.29 is 14.2 Å². The van der Waals surface area contributed by atoms with E-state index < -0.39 is 0 Å². The average molecular weight is 468 g/mol. The molecule has 0 bridgehead atoms. The van der Waals surface area contributed by atoms with Crippen molar-refractivity contribution in [3.8, 4) is 11.5 Å². The molecule has 0 amide bonds. The molecule has 186 valence electrons. The largest absolute Gasteiger partial charge is 0.492 e. The Labute approximate surface area is 205 Å². The van der Waals surface area contributed by atoms with Gasteiger partial charge in [0.1, 0.15) is 24.7 Å². The number of ether oxygens (including phenoxy) is 3. The average Bonchev–Trinajstić information content (AvgIpc) is 2.84. The lowest BCUT2D eigenvalue weighted by Gasteiger charge is -2.27. The van der Waals surface area contributed by atoms with Crippen LogP contribution < -0.4 is 20.1 Å². The number of nitrogens with zero attached hydrogens (tertiary/aromatic N) is 1. The van der Waals surface area contributed by atoms with E-state index in [2.05, 4.69) is 58.9 Å². The van der Waals surface area contributed by atoms with Crippen LogP contribution in [0.1, 0.15) is 36.5 Å². The molecule has 4 rings (SSSR count). The van der Waals surface area contributed by atoms with E-state index in [4.69, 9.17) is 14.2 Å². The molecule has 34 heavy (non-hydrogen) atoms. The molecule has 2 saturated heterocycles. The summed E-state index contributed by atoms with van der Waals surface area (Å²) >= 11 is 0. The molecule has 0 spiro atoms. The van der Waals surface area contributed by atoms with Crippen molar-refractivity contribution in [2.24, 2.45) is 5.92 Å². The highest BCUT2D eigenvalue weighted by atomic mass is 16.5. The first-order valence-electron chi connectivity index (χ1n) is 13.0. The summed E-state index contributed by atoms with van der Waals surface area (Å²) in [6.45, 7) is 12.1. The summed E-state index contributed by atoms with van der Waals surface area (Å²) < 4.78 is 17.8. The normalized spacial score (nSPS) is 16.9. The van der Waals surface area contributed by atoms with Crippen LogP contribution in [-0.4, -0.2) is 64.0 Å². The van der Waals surface area contributed by atoms with Gasteiger partial charge in [0, 0.05) is 51.9 Å². The number of hydrogen-bond donors (Lipinski definition) is 2. The Bertz CT molecular complexity index is 848. The molecule has 0 aliphatic carbocycles. The molecule has 2 heterocycles. The Balaban J connectivity index is 1.33. The minimum Gasteiger partial charge on any atom is -0.492 e. The van der Waals surface area contributed by atoms with E-state index in [0.29, 0.717) is 13.2 Å². The highest BCUT2D eigenvalue weighted by molar-refractivity contribution is 5.39. The van der Waals surface area contributed by atoms with Crippen LogP contribution in [0.3, 0.4) is 0 Å². The van der Waals surface area contributed by atoms with Gasteiger partial charge in [-0.15, -0.1) is 0 Å². The van der Waals surface area contributed by atoms with Crippen LogP contribution in [0.2, 0.25) is 0 Å². The molecule has 6 heteroatoms. The number of unbranched alkanes of at least 4 members (excludes halogenated alkanes) is 1. The van der Waals surface area contributed by atoms with E-state index in [1.807, 2.05) is 6.07 Å². The molecule has 6 nitrogen and oxygen atoms in total. The molecule has 0 atom stereocenters. The maximum Gasteiger partial charge on any atom is 0.123 e. The van der Waals surface area contributed by atoms with Crippen molar-refractivity contribution >= 4 is 0 Å².